The molecule has 0 aliphatic carbocycles. The van der Waals surface area contributed by atoms with E-state index in [1.807, 2.05) is 41.5 Å². The molecule has 2 N–H and O–H groups in total. The van der Waals surface area contributed by atoms with Gasteiger partial charge < -0.3 is 15.2 Å². The van der Waals surface area contributed by atoms with Crippen molar-refractivity contribution < 1.29 is 37.4 Å². The van der Waals surface area contributed by atoms with E-state index in [4.69, 9.17) is 4.74 Å². The number of carboxylic acid groups (broad SMARTS) is 1. The maximum Gasteiger partial charge on any atom is 0.425 e. The van der Waals surface area contributed by atoms with Gasteiger partial charge in [-0.2, -0.15) is 23.2 Å². The molecule has 3 amide bonds. The molecule has 0 unspecified atom stereocenters. The number of alkyl halides is 3. The lowest BCUT2D eigenvalue weighted by atomic mass is 9.95. The van der Waals surface area contributed by atoms with E-state index in [0.29, 0.717) is 27.1 Å². The Balaban J connectivity index is 2.36. The van der Waals surface area contributed by atoms with Crippen LogP contribution in [-0.4, -0.2) is 49.7 Å². The SMILES string of the molecule is CC(C)(C)C#Cc1cc(-c2ccnc(NC(=O)CC(F)(F)F)c2)cc2c(N(C(=O)O)C(=O)OC(C)(C)C)nn(C(C)(C)C)c12. The van der Waals surface area contributed by atoms with Crippen LogP contribution in [0, 0.1) is 17.3 Å². The Kier molecular flexibility index (Phi) is 9.11. The van der Waals surface area contributed by atoms with Crippen LogP contribution in [0.5, 0.6) is 0 Å². The van der Waals surface area contributed by atoms with Crippen LogP contribution in [0.1, 0.15) is 74.3 Å². The molecule has 0 spiro atoms. The number of fused-ring (bicyclic) bond motifs is 1. The quantitative estimate of drug-likeness (QED) is 0.290. The van der Waals surface area contributed by atoms with Gasteiger partial charge in [-0.1, -0.05) is 11.8 Å². The van der Waals surface area contributed by atoms with Gasteiger partial charge in [0.2, 0.25) is 5.91 Å². The number of rotatable bonds is 4. The summed E-state index contributed by atoms with van der Waals surface area (Å²) in [6.45, 7) is 16.1. The molecular formula is C31H36F3N5O5. The fourth-order valence-electron chi connectivity index (χ4n) is 4.01. The van der Waals surface area contributed by atoms with Crippen molar-refractivity contribution in [3.8, 4) is 23.0 Å². The van der Waals surface area contributed by atoms with E-state index >= 15 is 0 Å². The van der Waals surface area contributed by atoms with Crippen molar-refractivity contribution >= 4 is 40.6 Å². The molecule has 13 heteroatoms. The molecule has 10 nitrogen and oxygen atoms in total. The molecule has 0 fully saturated rings. The number of amides is 3. The number of imide groups is 1. The normalized spacial score (nSPS) is 12.4. The number of hydrogen-bond donors (Lipinski definition) is 2. The van der Waals surface area contributed by atoms with Crippen molar-refractivity contribution in [2.24, 2.45) is 5.41 Å². The maximum absolute atomic E-state index is 13.2. The minimum Gasteiger partial charge on any atom is -0.464 e. The van der Waals surface area contributed by atoms with E-state index in [1.54, 1.807) is 43.7 Å². The van der Waals surface area contributed by atoms with Crippen molar-refractivity contribution in [2.45, 2.75) is 86.1 Å². The number of carbonyl (C=O) groups is 3. The van der Waals surface area contributed by atoms with Crippen LogP contribution in [0.2, 0.25) is 0 Å². The van der Waals surface area contributed by atoms with Crippen LogP contribution < -0.4 is 10.2 Å². The number of nitrogens with one attached hydrogen (secondary N) is 1. The zero-order chi connectivity index (χ0) is 33.4. The first kappa shape index (κ1) is 33.9. The summed E-state index contributed by atoms with van der Waals surface area (Å²) in [6, 6.07) is 6.27. The van der Waals surface area contributed by atoms with Crippen molar-refractivity contribution in [3.05, 3.63) is 36.0 Å². The third-order valence-corrected chi connectivity index (χ3v) is 5.67. The summed E-state index contributed by atoms with van der Waals surface area (Å²) < 4.78 is 45.1. The summed E-state index contributed by atoms with van der Waals surface area (Å²) in [5.74, 6) is 4.72. The Labute approximate surface area is 253 Å². The number of nitrogens with zero attached hydrogens (tertiary/aromatic N) is 4. The Morgan fingerprint density at radius 1 is 1.00 bits per heavy atom. The number of pyridine rings is 1. The van der Waals surface area contributed by atoms with E-state index < -0.39 is 47.2 Å². The lowest BCUT2D eigenvalue weighted by molar-refractivity contribution is -0.150. The Morgan fingerprint density at radius 3 is 2.16 bits per heavy atom. The largest absolute Gasteiger partial charge is 0.464 e. The van der Waals surface area contributed by atoms with Gasteiger partial charge in [0.25, 0.3) is 0 Å². The summed E-state index contributed by atoms with van der Waals surface area (Å²) in [4.78, 5) is 42.0. The number of benzene rings is 1. The van der Waals surface area contributed by atoms with Crippen LogP contribution in [0.25, 0.3) is 22.0 Å². The number of carbonyl (C=O) groups excluding carboxylic acids is 2. The van der Waals surface area contributed by atoms with Crippen LogP contribution in [0.15, 0.2) is 30.5 Å². The molecule has 0 aliphatic heterocycles. The number of anilines is 2. The third kappa shape index (κ3) is 8.72. The first-order chi connectivity index (χ1) is 19.9. The van der Waals surface area contributed by atoms with Crippen LogP contribution >= 0.6 is 0 Å². The number of halogens is 3. The van der Waals surface area contributed by atoms with Gasteiger partial charge in [0.15, 0.2) is 5.82 Å². The van der Waals surface area contributed by atoms with E-state index in [0.717, 1.165) is 0 Å². The summed E-state index contributed by atoms with van der Waals surface area (Å²) in [7, 11) is 0. The fourth-order valence-corrected chi connectivity index (χ4v) is 4.01. The number of aromatic nitrogens is 3. The van der Waals surface area contributed by atoms with E-state index in [2.05, 4.69) is 27.2 Å². The molecule has 236 valence electrons. The average Bonchev–Trinajstić information content (AvgIpc) is 3.19. The zero-order valence-electron chi connectivity index (χ0n) is 26.1. The number of hydrogen-bond acceptors (Lipinski definition) is 6. The van der Waals surface area contributed by atoms with E-state index in [1.165, 1.54) is 12.3 Å². The fraction of sp³-hybridized carbons (Fsp3) is 0.452. The van der Waals surface area contributed by atoms with Crippen LogP contribution in [0.4, 0.5) is 34.4 Å². The van der Waals surface area contributed by atoms with Gasteiger partial charge >= 0.3 is 18.4 Å². The molecule has 1 aromatic carbocycles. The van der Waals surface area contributed by atoms with Crippen molar-refractivity contribution in [1.29, 1.82) is 0 Å². The number of ether oxygens (including phenoxy) is 1. The summed E-state index contributed by atoms with van der Waals surface area (Å²) in [5.41, 5.74) is -0.337. The molecule has 0 aliphatic rings. The highest BCUT2D eigenvalue weighted by atomic mass is 19.4. The minimum atomic E-state index is -4.69. The molecule has 3 rings (SSSR count). The van der Waals surface area contributed by atoms with Gasteiger partial charge in [-0.15, -0.1) is 0 Å². The minimum absolute atomic E-state index is 0.120. The third-order valence-electron chi connectivity index (χ3n) is 5.67. The molecule has 0 atom stereocenters. The van der Waals surface area contributed by atoms with Gasteiger partial charge in [0.05, 0.1) is 16.6 Å². The lowest BCUT2D eigenvalue weighted by Gasteiger charge is -2.23. The molecule has 2 heterocycles. The van der Waals surface area contributed by atoms with Gasteiger partial charge in [-0.25, -0.2) is 14.6 Å². The van der Waals surface area contributed by atoms with Crippen molar-refractivity contribution in [1.82, 2.24) is 14.8 Å². The predicted molar refractivity (Wildman–Crippen MR) is 160 cm³/mol. The molecule has 0 saturated heterocycles. The van der Waals surface area contributed by atoms with Gasteiger partial charge in [-0.3, -0.25) is 9.48 Å². The first-order valence-electron chi connectivity index (χ1n) is 13.6. The van der Waals surface area contributed by atoms with Gasteiger partial charge in [-0.05, 0) is 97.7 Å². The highest BCUT2D eigenvalue weighted by molar-refractivity contribution is 6.14. The van der Waals surface area contributed by atoms with Crippen molar-refractivity contribution in [3.63, 3.8) is 0 Å². The molecule has 0 saturated carbocycles. The Morgan fingerprint density at radius 2 is 1.64 bits per heavy atom. The maximum atomic E-state index is 13.2. The second-order valence-corrected chi connectivity index (χ2v) is 13.2. The smallest absolute Gasteiger partial charge is 0.425 e. The molecular weight excluding hydrogens is 579 g/mol. The molecule has 0 bridgehead atoms. The van der Waals surface area contributed by atoms with Gasteiger partial charge in [0, 0.05) is 17.0 Å². The summed E-state index contributed by atoms with van der Waals surface area (Å²) >= 11 is 0. The lowest BCUT2D eigenvalue weighted by Crippen LogP contribution is -2.40. The zero-order valence-corrected chi connectivity index (χ0v) is 26.1. The Bertz CT molecular complexity index is 1660. The van der Waals surface area contributed by atoms with Crippen LogP contribution in [0.3, 0.4) is 0 Å². The molecule has 0 radical (unpaired) electrons. The predicted octanol–water partition coefficient (Wildman–Crippen LogP) is 7.56. The average molecular weight is 616 g/mol. The van der Waals surface area contributed by atoms with Gasteiger partial charge in [0.1, 0.15) is 17.8 Å². The molecule has 3 aromatic rings. The second kappa shape index (κ2) is 11.8. The van der Waals surface area contributed by atoms with Crippen LogP contribution in [-0.2, 0) is 15.1 Å². The highest BCUT2D eigenvalue weighted by Gasteiger charge is 2.35. The summed E-state index contributed by atoms with van der Waals surface area (Å²) in [5, 5.41) is 17.1. The van der Waals surface area contributed by atoms with E-state index in [-0.39, 0.29) is 17.0 Å². The summed E-state index contributed by atoms with van der Waals surface area (Å²) in [6.07, 6.45) is -7.83. The molecule has 2 aromatic heterocycles. The Hall–Kier alpha value is -4.60. The van der Waals surface area contributed by atoms with Crippen molar-refractivity contribution in [2.75, 3.05) is 10.2 Å². The first-order valence-corrected chi connectivity index (χ1v) is 13.6. The molecule has 44 heavy (non-hydrogen) atoms. The topological polar surface area (TPSA) is 127 Å². The van der Waals surface area contributed by atoms with E-state index in [9.17, 15) is 32.7 Å². The monoisotopic (exact) mass is 615 g/mol. The highest BCUT2D eigenvalue weighted by Crippen LogP contribution is 2.37. The second-order valence-electron chi connectivity index (χ2n) is 13.2. The standard InChI is InChI=1S/C31H36F3N5O5/c1-28(2,3)12-10-19-14-20(18-11-13-35-22(16-18)36-23(40)17-31(32,33)34)15-21-24(19)39(29(4,5)6)37-25(21)38(26(41)42)27(43)44-30(7,8)9/h11,13-16H,17H2,1-9H3,(H,41,42)(H,35,36,40).